The summed E-state index contributed by atoms with van der Waals surface area (Å²) in [5.41, 5.74) is 12.7. The first kappa shape index (κ1) is 21.1. The standard InChI is InChI=1S/C21H19ClFN5O2/c1-26-19(24)14-9-13(10-27-20(14)25)28-21(29)17-15(22)7-8-16(18(17)23)30-11-12-5-3-2-4-6-12/h2-10H,11H2,1H3,(H2,24,26)(H2,25,27)(H,28,29). The van der Waals surface area contributed by atoms with Crippen LogP contribution in [-0.4, -0.2) is 23.8 Å². The van der Waals surface area contributed by atoms with Gasteiger partial charge < -0.3 is 21.5 Å². The molecule has 3 rings (SSSR count). The summed E-state index contributed by atoms with van der Waals surface area (Å²) >= 11 is 6.08. The topological polar surface area (TPSA) is 116 Å². The fourth-order valence-electron chi connectivity index (χ4n) is 2.65. The van der Waals surface area contributed by atoms with Crippen LogP contribution in [-0.2, 0) is 6.61 Å². The normalized spacial score (nSPS) is 11.2. The molecule has 2 aromatic carbocycles. The summed E-state index contributed by atoms with van der Waals surface area (Å²) in [6.07, 6.45) is 1.32. The first-order valence-corrected chi connectivity index (χ1v) is 9.22. The number of aromatic nitrogens is 1. The summed E-state index contributed by atoms with van der Waals surface area (Å²) in [5, 5.41) is 2.48. The number of pyridine rings is 1. The molecule has 3 aromatic rings. The smallest absolute Gasteiger partial charge is 0.260 e. The summed E-state index contributed by atoms with van der Waals surface area (Å²) in [6, 6.07) is 13.5. The molecular formula is C21H19ClFN5O2. The van der Waals surface area contributed by atoms with E-state index in [1.54, 1.807) is 0 Å². The van der Waals surface area contributed by atoms with Gasteiger partial charge in [0.2, 0.25) is 0 Å². The first-order chi connectivity index (χ1) is 14.4. The number of nitrogen functional groups attached to an aromatic ring is 1. The van der Waals surface area contributed by atoms with Crippen molar-refractivity contribution in [2.75, 3.05) is 18.1 Å². The second kappa shape index (κ2) is 9.23. The average molecular weight is 428 g/mol. The van der Waals surface area contributed by atoms with Crippen molar-refractivity contribution in [3.05, 3.63) is 82.3 Å². The Hall–Kier alpha value is -3.65. The van der Waals surface area contributed by atoms with Gasteiger partial charge in [0.15, 0.2) is 11.6 Å². The maximum atomic E-state index is 15.0. The molecule has 0 aliphatic heterocycles. The number of amides is 1. The van der Waals surface area contributed by atoms with Gasteiger partial charge in [0.05, 0.1) is 28.0 Å². The van der Waals surface area contributed by atoms with E-state index in [-0.39, 0.29) is 40.3 Å². The number of hydrogen-bond donors (Lipinski definition) is 3. The van der Waals surface area contributed by atoms with Gasteiger partial charge in [0.1, 0.15) is 18.3 Å². The van der Waals surface area contributed by atoms with Gasteiger partial charge in [-0.05, 0) is 23.8 Å². The van der Waals surface area contributed by atoms with Crippen LogP contribution in [0.5, 0.6) is 5.75 Å². The van der Waals surface area contributed by atoms with E-state index in [9.17, 15) is 9.18 Å². The number of ether oxygens (including phenoxy) is 1. The summed E-state index contributed by atoms with van der Waals surface area (Å²) in [7, 11) is 1.50. The lowest BCUT2D eigenvalue weighted by Gasteiger charge is -2.13. The number of carbonyl (C=O) groups is 1. The number of nitrogens with zero attached hydrogens (tertiary/aromatic N) is 2. The molecule has 0 atom stereocenters. The third kappa shape index (κ3) is 4.66. The highest BCUT2D eigenvalue weighted by molar-refractivity contribution is 6.34. The van der Waals surface area contributed by atoms with Gasteiger partial charge in [-0.1, -0.05) is 41.9 Å². The Kier molecular flexibility index (Phi) is 6.48. The minimum Gasteiger partial charge on any atom is -0.486 e. The van der Waals surface area contributed by atoms with Crippen molar-refractivity contribution in [3.63, 3.8) is 0 Å². The maximum absolute atomic E-state index is 15.0. The van der Waals surface area contributed by atoms with Gasteiger partial charge in [-0.25, -0.2) is 9.37 Å². The van der Waals surface area contributed by atoms with Crippen LogP contribution in [0, 0.1) is 5.82 Å². The number of aliphatic imine (C=N–C) groups is 1. The van der Waals surface area contributed by atoms with E-state index in [0.717, 1.165) is 5.56 Å². The molecule has 0 saturated carbocycles. The minimum absolute atomic E-state index is 0.0599. The number of anilines is 2. The Balaban J connectivity index is 1.84. The predicted molar refractivity (Wildman–Crippen MR) is 115 cm³/mol. The Morgan fingerprint density at radius 3 is 2.70 bits per heavy atom. The number of amidine groups is 1. The fourth-order valence-corrected chi connectivity index (χ4v) is 2.88. The quantitative estimate of drug-likeness (QED) is 0.410. The van der Waals surface area contributed by atoms with Gasteiger partial charge in [-0.3, -0.25) is 9.79 Å². The summed E-state index contributed by atoms with van der Waals surface area (Å²) in [6.45, 7) is 0.140. The van der Waals surface area contributed by atoms with E-state index >= 15 is 0 Å². The zero-order valence-electron chi connectivity index (χ0n) is 16.0. The second-order valence-corrected chi connectivity index (χ2v) is 6.64. The van der Waals surface area contributed by atoms with Gasteiger partial charge in [0.25, 0.3) is 5.91 Å². The number of carbonyl (C=O) groups excluding carboxylic acids is 1. The molecule has 0 fully saturated rings. The molecule has 1 amide bonds. The van der Waals surface area contributed by atoms with Crippen molar-refractivity contribution in [1.29, 1.82) is 0 Å². The van der Waals surface area contributed by atoms with Crippen molar-refractivity contribution in [3.8, 4) is 5.75 Å². The lowest BCUT2D eigenvalue weighted by Crippen LogP contribution is -2.19. The third-order valence-corrected chi connectivity index (χ3v) is 4.53. The van der Waals surface area contributed by atoms with Crippen molar-refractivity contribution in [2.45, 2.75) is 6.61 Å². The lowest BCUT2D eigenvalue weighted by molar-refractivity contribution is 0.102. The summed E-state index contributed by atoms with van der Waals surface area (Å²) < 4.78 is 20.5. The molecule has 0 aliphatic rings. The van der Waals surface area contributed by atoms with Gasteiger partial charge in [0, 0.05) is 7.05 Å². The van der Waals surface area contributed by atoms with Crippen molar-refractivity contribution < 1.29 is 13.9 Å². The molecule has 1 aromatic heterocycles. The first-order valence-electron chi connectivity index (χ1n) is 8.85. The molecule has 30 heavy (non-hydrogen) atoms. The monoisotopic (exact) mass is 427 g/mol. The fraction of sp³-hybridized carbons (Fsp3) is 0.0952. The van der Waals surface area contributed by atoms with Crippen molar-refractivity contribution in [2.24, 2.45) is 10.7 Å². The van der Waals surface area contributed by atoms with E-state index in [4.69, 9.17) is 27.8 Å². The predicted octanol–water partition coefficient (Wildman–Crippen LogP) is 3.62. The number of nitrogens with two attached hydrogens (primary N) is 2. The second-order valence-electron chi connectivity index (χ2n) is 6.23. The molecule has 0 aliphatic carbocycles. The number of hydrogen-bond acceptors (Lipinski definition) is 5. The van der Waals surface area contributed by atoms with Gasteiger partial charge in [-0.2, -0.15) is 0 Å². The molecule has 0 spiro atoms. The van der Waals surface area contributed by atoms with Crippen molar-refractivity contribution >= 4 is 34.8 Å². The average Bonchev–Trinajstić information content (AvgIpc) is 2.74. The molecule has 9 heteroatoms. The van der Waals surface area contributed by atoms with Crippen LogP contribution in [0.3, 0.4) is 0 Å². The highest BCUT2D eigenvalue weighted by Crippen LogP contribution is 2.29. The lowest BCUT2D eigenvalue weighted by atomic mass is 10.1. The summed E-state index contributed by atoms with van der Waals surface area (Å²) in [4.78, 5) is 20.5. The van der Waals surface area contributed by atoms with E-state index in [0.29, 0.717) is 5.56 Å². The molecule has 0 saturated heterocycles. The van der Waals surface area contributed by atoms with Crippen LogP contribution in [0.25, 0.3) is 0 Å². The molecule has 154 valence electrons. The molecule has 0 radical (unpaired) electrons. The maximum Gasteiger partial charge on any atom is 0.260 e. The third-order valence-electron chi connectivity index (χ3n) is 4.21. The highest BCUT2D eigenvalue weighted by atomic mass is 35.5. The zero-order valence-corrected chi connectivity index (χ0v) is 16.8. The number of halogens is 2. The zero-order chi connectivity index (χ0) is 21.7. The molecule has 0 unspecified atom stereocenters. The molecule has 0 bridgehead atoms. The molecule has 7 nitrogen and oxygen atoms in total. The van der Waals surface area contributed by atoms with E-state index in [1.807, 2.05) is 30.3 Å². The molecule has 1 heterocycles. The van der Waals surface area contributed by atoms with E-state index in [2.05, 4.69) is 15.3 Å². The largest absolute Gasteiger partial charge is 0.486 e. The molecular weight excluding hydrogens is 409 g/mol. The van der Waals surface area contributed by atoms with Crippen LogP contribution in [0.1, 0.15) is 21.5 Å². The Morgan fingerprint density at radius 1 is 1.27 bits per heavy atom. The highest BCUT2D eigenvalue weighted by Gasteiger charge is 2.21. The van der Waals surface area contributed by atoms with Crippen LogP contribution < -0.4 is 21.5 Å². The Labute approximate surface area is 177 Å². The van der Waals surface area contributed by atoms with Crippen LogP contribution in [0.2, 0.25) is 5.02 Å². The van der Waals surface area contributed by atoms with Crippen LogP contribution in [0.4, 0.5) is 15.9 Å². The van der Waals surface area contributed by atoms with Crippen LogP contribution >= 0.6 is 11.6 Å². The molecule has 5 N–H and O–H groups in total. The van der Waals surface area contributed by atoms with Crippen molar-refractivity contribution in [1.82, 2.24) is 4.98 Å². The van der Waals surface area contributed by atoms with E-state index < -0.39 is 11.7 Å². The SMILES string of the molecule is CN=C(N)c1cc(NC(=O)c2c(Cl)ccc(OCc3ccccc3)c2F)cnc1N. The number of benzene rings is 2. The number of rotatable bonds is 6. The minimum atomic E-state index is -0.866. The van der Waals surface area contributed by atoms with Gasteiger partial charge >= 0.3 is 0 Å². The number of nitrogens with one attached hydrogen (secondary N) is 1. The van der Waals surface area contributed by atoms with Gasteiger partial charge in [-0.15, -0.1) is 0 Å². The Morgan fingerprint density at radius 2 is 2.00 bits per heavy atom. The van der Waals surface area contributed by atoms with Crippen LogP contribution in [0.15, 0.2) is 59.7 Å². The van der Waals surface area contributed by atoms with E-state index in [1.165, 1.54) is 31.4 Å². The Bertz CT molecular complexity index is 1110. The summed E-state index contributed by atoms with van der Waals surface area (Å²) in [5.74, 6) is -1.43.